The molecule has 2 aromatic rings. The largest absolute Gasteiger partial charge is 0.352 e. The Morgan fingerprint density at radius 1 is 1.13 bits per heavy atom. The SMILES string of the molecule is C[C@@H]1CS(=O)(=O)N(c2ccc(C(=O)NCCc3ccc(S(N)(=O)=O)cc3)cc2)C1=O. The van der Waals surface area contributed by atoms with Gasteiger partial charge >= 0.3 is 0 Å². The molecule has 1 fully saturated rings. The van der Waals surface area contributed by atoms with Gasteiger partial charge in [0.1, 0.15) is 0 Å². The van der Waals surface area contributed by atoms with Gasteiger partial charge < -0.3 is 5.32 Å². The Hall–Kier alpha value is -2.76. The molecule has 9 nitrogen and oxygen atoms in total. The minimum atomic E-state index is -3.75. The lowest BCUT2D eigenvalue weighted by Gasteiger charge is -2.15. The molecule has 1 heterocycles. The molecular formula is C19H21N3O6S2. The van der Waals surface area contributed by atoms with Crippen LogP contribution in [0.1, 0.15) is 22.8 Å². The second-order valence-corrected chi connectivity index (χ2v) is 10.4. The summed E-state index contributed by atoms with van der Waals surface area (Å²) in [6.07, 6.45) is 0.479. The Morgan fingerprint density at radius 3 is 2.23 bits per heavy atom. The summed E-state index contributed by atoms with van der Waals surface area (Å²) in [6.45, 7) is 1.87. The van der Waals surface area contributed by atoms with Crippen molar-refractivity contribution < 1.29 is 26.4 Å². The molecule has 0 radical (unpaired) electrons. The van der Waals surface area contributed by atoms with Gasteiger partial charge in [0.05, 0.1) is 22.3 Å². The summed E-state index contributed by atoms with van der Waals surface area (Å²) in [5, 5.41) is 7.78. The highest BCUT2D eigenvalue weighted by Gasteiger charge is 2.41. The van der Waals surface area contributed by atoms with Crippen molar-refractivity contribution in [1.82, 2.24) is 5.32 Å². The molecule has 0 spiro atoms. The molecule has 2 aromatic carbocycles. The topological polar surface area (TPSA) is 144 Å². The van der Waals surface area contributed by atoms with Crippen molar-refractivity contribution in [3.8, 4) is 0 Å². The first-order chi connectivity index (χ1) is 14.0. The molecule has 1 aliphatic heterocycles. The van der Waals surface area contributed by atoms with Gasteiger partial charge in [0, 0.05) is 12.1 Å². The molecule has 0 aromatic heterocycles. The molecule has 3 N–H and O–H groups in total. The van der Waals surface area contributed by atoms with Gasteiger partial charge in [0.2, 0.25) is 26.0 Å². The summed E-state index contributed by atoms with van der Waals surface area (Å²) in [7, 11) is -7.44. The number of benzene rings is 2. The van der Waals surface area contributed by atoms with Crippen molar-refractivity contribution in [3.63, 3.8) is 0 Å². The maximum Gasteiger partial charge on any atom is 0.251 e. The van der Waals surface area contributed by atoms with Crippen LogP contribution in [0, 0.1) is 5.92 Å². The van der Waals surface area contributed by atoms with Crippen LogP contribution in [0.4, 0.5) is 5.69 Å². The molecule has 0 saturated carbocycles. The number of sulfonamides is 2. The van der Waals surface area contributed by atoms with Crippen molar-refractivity contribution in [2.45, 2.75) is 18.2 Å². The van der Waals surface area contributed by atoms with Gasteiger partial charge in [-0.15, -0.1) is 0 Å². The summed E-state index contributed by atoms with van der Waals surface area (Å²) in [5.41, 5.74) is 1.35. The van der Waals surface area contributed by atoms with E-state index in [1.807, 2.05) is 0 Å². The lowest BCUT2D eigenvalue weighted by Crippen LogP contribution is -2.30. The van der Waals surface area contributed by atoms with Crippen LogP contribution in [-0.4, -0.2) is 40.9 Å². The Balaban J connectivity index is 1.60. The summed E-state index contributed by atoms with van der Waals surface area (Å²) in [6, 6.07) is 11.8. The summed E-state index contributed by atoms with van der Waals surface area (Å²) in [4.78, 5) is 24.4. The molecule has 3 rings (SSSR count). The smallest absolute Gasteiger partial charge is 0.251 e. The number of primary sulfonamides is 1. The molecular weight excluding hydrogens is 430 g/mol. The molecule has 11 heteroatoms. The van der Waals surface area contributed by atoms with Gasteiger partial charge in [-0.25, -0.2) is 26.3 Å². The first-order valence-electron chi connectivity index (χ1n) is 9.06. The Morgan fingerprint density at radius 2 is 1.73 bits per heavy atom. The number of anilines is 1. The lowest BCUT2D eigenvalue weighted by atomic mass is 10.1. The van der Waals surface area contributed by atoms with E-state index in [9.17, 15) is 26.4 Å². The van der Waals surface area contributed by atoms with E-state index >= 15 is 0 Å². The van der Waals surface area contributed by atoms with Gasteiger partial charge in [0.15, 0.2) is 0 Å². The summed E-state index contributed by atoms with van der Waals surface area (Å²) in [5.74, 6) is -1.67. The number of carbonyl (C=O) groups is 2. The minimum Gasteiger partial charge on any atom is -0.352 e. The van der Waals surface area contributed by atoms with Crippen molar-refractivity contribution >= 4 is 37.5 Å². The molecule has 0 aliphatic carbocycles. The molecule has 2 amide bonds. The summed E-state index contributed by atoms with van der Waals surface area (Å²) >= 11 is 0. The molecule has 1 saturated heterocycles. The number of rotatable bonds is 6. The van der Waals surface area contributed by atoms with E-state index in [1.54, 1.807) is 19.1 Å². The number of nitrogens with zero attached hydrogens (tertiary/aromatic N) is 1. The molecule has 0 unspecified atom stereocenters. The van der Waals surface area contributed by atoms with Crippen molar-refractivity contribution in [2.75, 3.05) is 16.6 Å². The van der Waals surface area contributed by atoms with Crippen LogP contribution < -0.4 is 14.8 Å². The van der Waals surface area contributed by atoms with E-state index < -0.39 is 31.9 Å². The highest BCUT2D eigenvalue weighted by atomic mass is 32.2. The van der Waals surface area contributed by atoms with E-state index in [2.05, 4.69) is 5.32 Å². The fourth-order valence-electron chi connectivity index (χ4n) is 3.10. The van der Waals surface area contributed by atoms with Crippen molar-refractivity contribution in [3.05, 3.63) is 59.7 Å². The predicted molar refractivity (Wildman–Crippen MR) is 111 cm³/mol. The third kappa shape index (κ3) is 4.69. The van der Waals surface area contributed by atoms with Crippen LogP contribution in [0.25, 0.3) is 0 Å². The minimum absolute atomic E-state index is 0.0169. The molecule has 0 bridgehead atoms. The van der Waals surface area contributed by atoms with Gasteiger partial charge in [-0.05, 0) is 48.4 Å². The van der Waals surface area contributed by atoms with Crippen molar-refractivity contribution in [1.29, 1.82) is 0 Å². The van der Waals surface area contributed by atoms with Crippen LogP contribution in [0.15, 0.2) is 53.4 Å². The van der Waals surface area contributed by atoms with Gasteiger partial charge in [0.25, 0.3) is 5.91 Å². The normalized spacial score (nSPS) is 18.4. The average Bonchev–Trinajstić information content (AvgIpc) is 2.88. The number of amides is 2. The fourth-order valence-corrected chi connectivity index (χ4v) is 5.44. The third-order valence-corrected chi connectivity index (χ3v) is 7.47. The zero-order valence-electron chi connectivity index (χ0n) is 16.1. The second-order valence-electron chi connectivity index (χ2n) is 7.02. The Bertz CT molecular complexity index is 1170. The van der Waals surface area contributed by atoms with E-state index in [0.29, 0.717) is 18.5 Å². The molecule has 1 atom stereocenters. The van der Waals surface area contributed by atoms with Crippen LogP contribution in [0.5, 0.6) is 0 Å². The van der Waals surface area contributed by atoms with E-state index in [0.717, 1.165) is 9.87 Å². The van der Waals surface area contributed by atoms with E-state index in [4.69, 9.17) is 5.14 Å². The highest BCUT2D eigenvalue weighted by molar-refractivity contribution is 7.94. The molecule has 1 aliphatic rings. The molecule has 30 heavy (non-hydrogen) atoms. The third-order valence-electron chi connectivity index (χ3n) is 4.68. The van der Waals surface area contributed by atoms with E-state index in [1.165, 1.54) is 36.4 Å². The second kappa shape index (κ2) is 8.17. The molecule has 160 valence electrons. The number of nitrogens with two attached hydrogens (primary N) is 1. The van der Waals surface area contributed by atoms with Crippen molar-refractivity contribution in [2.24, 2.45) is 11.1 Å². The first-order valence-corrected chi connectivity index (χ1v) is 12.2. The maximum atomic E-state index is 12.3. The van der Waals surface area contributed by atoms with Gasteiger partial charge in [-0.1, -0.05) is 19.1 Å². The van der Waals surface area contributed by atoms with Crippen LogP contribution in [-0.2, 0) is 31.3 Å². The Labute approximate surface area is 175 Å². The zero-order valence-corrected chi connectivity index (χ0v) is 17.7. The van der Waals surface area contributed by atoms with Crippen LogP contribution >= 0.6 is 0 Å². The van der Waals surface area contributed by atoms with Gasteiger partial charge in [-0.2, -0.15) is 0 Å². The predicted octanol–water partition coefficient (Wildman–Crippen LogP) is 0.619. The number of hydrogen-bond donors (Lipinski definition) is 2. The fraction of sp³-hybridized carbons (Fsp3) is 0.263. The monoisotopic (exact) mass is 451 g/mol. The lowest BCUT2D eigenvalue weighted by molar-refractivity contribution is -0.119. The Kier molecular flexibility index (Phi) is 5.97. The average molecular weight is 452 g/mol. The van der Waals surface area contributed by atoms with Crippen LogP contribution in [0.2, 0.25) is 0 Å². The number of nitrogens with one attached hydrogen (secondary N) is 1. The highest BCUT2D eigenvalue weighted by Crippen LogP contribution is 2.28. The van der Waals surface area contributed by atoms with Crippen LogP contribution in [0.3, 0.4) is 0 Å². The van der Waals surface area contributed by atoms with Gasteiger partial charge in [-0.3, -0.25) is 9.59 Å². The van der Waals surface area contributed by atoms with E-state index in [-0.39, 0.29) is 22.2 Å². The quantitative estimate of drug-likeness (QED) is 0.659. The number of hydrogen-bond acceptors (Lipinski definition) is 6. The standard InChI is InChI=1S/C19H21N3O6S2/c1-13-12-29(25,26)22(19(13)24)16-6-4-15(5-7-16)18(23)21-11-10-14-2-8-17(9-3-14)30(20,27)28/h2-9,13H,10-12H2,1H3,(H,21,23)(H2,20,27,28)/t13-/m1/s1. The maximum absolute atomic E-state index is 12.3. The zero-order chi connectivity index (χ0) is 22.1. The first kappa shape index (κ1) is 21.9. The number of carbonyl (C=O) groups excluding carboxylic acids is 2. The summed E-state index contributed by atoms with van der Waals surface area (Å²) < 4.78 is 47.6.